The average molecular weight is 325 g/mol. The quantitative estimate of drug-likeness (QED) is 0.627. The fourth-order valence-corrected chi connectivity index (χ4v) is 2.68. The second-order valence-electron chi connectivity index (χ2n) is 4.69. The Morgan fingerprint density at radius 3 is 2.53 bits per heavy atom. The van der Waals surface area contributed by atoms with Crippen LogP contribution in [0.3, 0.4) is 0 Å². The number of fused-ring (bicyclic) bond motifs is 1. The fraction of sp³-hybridized carbons (Fsp3) is 0.429. The lowest BCUT2D eigenvalue weighted by Gasteiger charge is -2.04. The van der Waals surface area contributed by atoms with Gasteiger partial charge < -0.3 is 9.97 Å². The molecule has 5 heteroatoms. The summed E-state index contributed by atoms with van der Waals surface area (Å²) in [5, 5.41) is 0. The van der Waals surface area contributed by atoms with E-state index in [1.165, 1.54) is 6.42 Å². The minimum atomic E-state index is -0.255. The lowest BCUT2D eigenvalue weighted by atomic mass is 10.0. The van der Waals surface area contributed by atoms with Gasteiger partial charge in [0.15, 0.2) is 5.78 Å². The number of benzene rings is 1. The maximum absolute atomic E-state index is 12.1. The molecule has 0 amide bonds. The number of hydrogen-bond acceptors (Lipinski definition) is 2. The molecule has 0 aliphatic heterocycles. The molecular formula is C14H17BrN2O2. The topological polar surface area (TPSA) is 65.7 Å². The Balaban J connectivity index is 2.16. The van der Waals surface area contributed by atoms with E-state index in [2.05, 4.69) is 32.8 Å². The first-order valence-electron chi connectivity index (χ1n) is 6.56. The van der Waals surface area contributed by atoms with Gasteiger partial charge in [-0.05, 0) is 34.5 Å². The monoisotopic (exact) mass is 324 g/mol. The molecule has 1 heterocycles. The van der Waals surface area contributed by atoms with Gasteiger partial charge in [0.2, 0.25) is 0 Å². The number of nitrogens with one attached hydrogen (secondary N) is 2. The Morgan fingerprint density at radius 1 is 1.16 bits per heavy atom. The van der Waals surface area contributed by atoms with Crippen LogP contribution in [0, 0.1) is 0 Å². The van der Waals surface area contributed by atoms with Crippen LogP contribution in [0.25, 0.3) is 11.0 Å². The number of carbonyl (C=O) groups excluding carboxylic acids is 1. The molecule has 0 radical (unpaired) electrons. The van der Waals surface area contributed by atoms with Crippen LogP contribution in [0.15, 0.2) is 21.4 Å². The van der Waals surface area contributed by atoms with Crippen LogP contribution in [0.1, 0.15) is 49.4 Å². The Kier molecular flexibility index (Phi) is 4.58. The van der Waals surface area contributed by atoms with Gasteiger partial charge in [0, 0.05) is 16.5 Å². The van der Waals surface area contributed by atoms with E-state index in [9.17, 15) is 9.59 Å². The fourth-order valence-electron chi connectivity index (χ4n) is 2.12. The smallest absolute Gasteiger partial charge is 0.306 e. The highest BCUT2D eigenvalue weighted by molar-refractivity contribution is 9.10. The van der Waals surface area contributed by atoms with Crippen molar-refractivity contribution in [1.82, 2.24) is 9.97 Å². The molecule has 0 aliphatic rings. The van der Waals surface area contributed by atoms with Crippen molar-refractivity contribution in [1.29, 1.82) is 0 Å². The van der Waals surface area contributed by atoms with Gasteiger partial charge in [-0.15, -0.1) is 0 Å². The van der Waals surface area contributed by atoms with Crippen LogP contribution < -0.4 is 5.69 Å². The summed E-state index contributed by atoms with van der Waals surface area (Å²) in [4.78, 5) is 28.7. The Bertz CT molecular complexity index is 642. The Morgan fingerprint density at radius 2 is 1.84 bits per heavy atom. The molecule has 0 spiro atoms. The third kappa shape index (κ3) is 3.35. The van der Waals surface area contributed by atoms with Crippen LogP contribution in [-0.2, 0) is 0 Å². The third-order valence-corrected chi connectivity index (χ3v) is 3.82. The van der Waals surface area contributed by atoms with Crippen molar-refractivity contribution in [3.05, 3.63) is 32.7 Å². The summed E-state index contributed by atoms with van der Waals surface area (Å²) in [5.41, 5.74) is 1.76. The second-order valence-corrected chi connectivity index (χ2v) is 5.54. The molecule has 1 aromatic carbocycles. The SMILES string of the molecule is CCCCCCC(=O)c1cc2[nH]c(=O)[nH]c2cc1Br. The lowest BCUT2D eigenvalue weighted by Crippen LogP contribution is -2.00. The number of hydrogen-bond donors (Lipinski definition) is 2. The predicted molar refractivity (Wildman–Crippen MR) is 79.7 cm³/mol. The van der Waals surface area contributed by atoms with Gasteiger partial charge in [-0.3, -0.25) is 4.79 Å². The van der Waals surface area contributed by atoms with Crippen molar-refractivity contribution in [2.24, 2.45) is 0 Å². The standard InChI is InChI=1S/C14H17BrN2O2/c1-2-3-4-5-6-13(18)9-7-11-12(8-10(9)15)17-14(19)16-11/h7-8H,2-6H2,1H3,(H2,16,17,19). The summed E-state index contributed by atoms with van der Waals surface area (Å²) < 4.78 is 0.732. The van der Waals surface area contributed by atoms with Gasteiger partial charge in [-0.2, -0.15) is 0 Å². The zero-order chi connectivity index (χ0) is 13.8. The Labute approximate surface area is 119 Å². The van der Waals surface area contributed by atoms with Crippen molar-refractivity contribution < 1.29 is 4.79 Å². The number of Topliss-reactive ketones (excluding diaryl/α,β-unsaturated/α-hetero) is 1. The maximum Gasteiger partial charge on any atom is 0.323 e. The highest BCUT2D eigenvalue weighted by Gasteiger charge is 2.12. The van der Waals surface area contributed by atoms with Crippen molar-refractivity contribution in [3.8, 4) is 0 Å². The first-order valence-corrected chi connectivity index (χ1v) is 7.36. The Hall–Kier alpha value is -1.36. The molecule has 2 aromatic rings. The normalized spacial score (nSPS) is 11.1. The van der Waals surface area contributed by atoms with Gasteiger partial charge in [0.05, 0.1) is 11.0 Å². The van der Waals surface area contributed by atoms with E-state index in [4.69, 9.17) is 0 Å². The van der Waals surface area contributed by atoms with E-state index in [1.54, 1.807) is 12.1 Å². The summed E-state index contributed by atoms with van der Waals surface area (Å²) >= 11 is 3.39. The second kappa shape index (κ2) is 6.19. The molecule has 4 nitrogen and oxygen atoms in total. The first kappa shape index (κ1) is 14.1. The van der Waals surface area contributed by atoms with Gasteiger partial charge in [-0.25, -0.2) is 4.79 Å². The summed E-state index contributed by atoms with van der Waals surface area (Å²) in [7, 11) is 0. The van der Waals surface area contributed by atoms with Crippen LogP contribution in [0.5, 0.6) is 0 Å². The molecule has 0 aliphatic carbocycles. The minimum absolute atomic E-state index is 0.118. The molecular weight excluding hydrogens is 308 g/mol. The molecule has 0 atom stereocenters. The summed E-state index contributed by atoms with van der Waals surface area (Å²) in [6, 6.07) is 3.51. The number of ketones is 1. The first-order chi connectivity index (χ1) is 9.11. The van der Waals surface area contributed by atoms with E-state index < -0.39 is 0 Å². The number of unbranched alkanes of at least 4 members (excludes halogenated alkanes) is 3. The van der Waals surface area contributed by atoms with E-state index in [0.29, 0.717) is 23.0 Å². The summed E-state index contributed by atoms with van der Waals surface area (Å²) in [6.07, 6.45) is 4.88. The number of rotatable bonds is 6. The lowest BCUT2D eigenvalue weighted by molar-refractivity contribution is 0.0978. The molecule has 0 saturated carbocycles. The molecule has 19 heavy (non-hydrogen) atoms. The van der Waals surface area contributed by atoms with E-state index in [-0.39, 0.29) is 11.5 Å². The molecule has 2 N–H and O–H groups in total. The van der Waals surface area contributed by atoms with Crippen molar-refractivity contribution in [2.75, 3.05) is 0 Å². The highest BCUT2D eigenvalue weighted by Crippen LogP contribution is 2.23. The maximum atomic E-state index is 12.1. The van der Waals surface area contributed by atoms with E-state index >= 15 is 0 Å². The zero-order valence-electron chi connectivity index (χ0n) is 10.9. The molecule has 102 valence electrons. The van der Waals surface area contributed by atoms with E-state index in [0.717, 1.165) is 23.7 Å². The highest BCUT2D eigenvalue weighted by atomic mass is 79.9. The van der Waals surface area contributed by atoms with Crippen LogP contribution in [0.2, 0.25) is 0 Å². The van der Waals surface area contributed by atoms with E-state index in [1.807, 2.05) is 0 Å². The number of H-pyrrole nitrogens is 2. The minimum Gasteiger partial charge on any atom is -0.306 e. The van der Waals surface area contributed by atoms with Crippen LogP contribution in [-0.4, -0.2) is 15.8 Å². The number of aromatic amines is 2. The molecule has 0 unspecified atom stereocenters. The molecule has 0 bridgehead atoms. The van der Waals surface area contributed by atoms with Gasteiger partial charge in [-0.1, -0.05) is 26.2 Å². The van der Waals surface area contributed by atoms with Crippen molar-refractivity contribution >= 4 is 32.7 Å². The van der Waals surface area contributed by atoms with Crippen molar-refractivity contribution in [2.45, 2.75) is 39.0 Å². The zero-order valence-corrected chi connectivity index (χ0v) is 12.5. The molecule has 2 rings (SSSR count). The van der Waals surface area contributed by atoms with Gasteiger partial charge in [0.1, 0.15) is 0 Å². The number of aromatic nitrogens is 2. The summed E-state index contributed by atoms with van der Waals surface area (Å²) in [5.74, 6) is 0.118. The van der Waals surface area contributed by atoms with Gasteiger partial charge >= 0.3 is 5.69 Å². The molecule has 0 saturated heterocycles. The van der Waals surface area contributed by atoms with Gasteiger partial charge in [0.25, 0.3) is 0 Å². The van der Waals surface area contributed by atoms with Crippen LogP contribution >= 0.6 is 15.9 Å². The summed E-state index contributed by atoms with van der Waals surface area (Å²) in [6.45, 7) is 2.15. The molecule has 1 aromatic heterocycles. The average Bonchev–Trinajstić information content (AvgIpc) is 2.72. The molecule has 0 fully saturated rings. The predicted octanol–water partition coefficient (Wildman–Crippen LogP) is 3.77. The number of halogens is 1. The van der Waals surface area contributed by atoms with Crippen molar-refractivity contribution in [3.63, 3.8) is 0 Å². The largest absolute Gasteiger partial charge is 0.323 e. The number of imidazole rings is 1. The van der Waals surface area contributed by atoms with Crippen LogP contribution in [0.4, 0.5) is 0 Å². The number of carbonyl (C=O) groups is 1. The third-order valence-electron chi connectivity index (χ3n) is 3.16.